The minimum Gasteiger partial charge on any atom is -0.870 e. The van der Waals surface area contributed by atoms with Crippen LogP contribution in [-0.2, 0) is 0 Å². The molecule has 0 unspecified atom stereocenters. The zero-order chi connectivity index (χ0) is 2.71. The SMILES string of the molecule is ClCCl.O.[Li+].[OH-]. The van der Waals surface area contributed by atoms with Gasteiger partial charge in [0, 0.05) is 0 Å². The zero-order valence-electron chi connectivity index (χ0n) is 3.41. The number of halogens is 2. The van der Waals surface area contributed by atoms with E-state index in [4.69, 9.17) is 23.2 Å². The molecule has 0 aromatic carbocycles. The van der Waals surface area contributed by atoms with Gasteiger partial charge in [-0.2, -0.15) is 0 Å². The molecule has 0 rings (SSSR count). The molecule has 0 atom stereocenters. The summed E-state index contributed by atoms with van der Waals surface area (Å²) in [5, 5.41) is 0.194. The maximum atomic E-state index is 4.76. The molecule has 0 amide bonds. The van der Waals surface area contributed by atoms with Crippen molar-refractivity contribution < 1.29 is 29.8 Å². The van der Waals surface area contributed by atoms with Crippen LogP contribution in [0.2, 0.25) is 0 Å². The van der Waals surface area contributed by atoms with E-state index < -0.39 is 0 Å². The molecule has 36 valence electrons. The van der Waals surface area contributed by atoms with E-state index in [1.165, 1.54) is 0 Å². The molecule has 0 aliphatic carbocycles. The predicted molar refractivity (Wildman–Crippen MR) is 22.1 cm³/mol. The second-order valence-corrected chi connectivity index (χ2v) is 0.909. The first kappa shape index (κ1) is 27.5. The van der Waals surface area contributed by atoms with Crippen LogP contribution < -0.4 is 18.9 Å². The Labute approximate surface area is 58.6 Å². The van der Waals surface area contributed by atoms with Gasteiger partial charge >= 0.3 is 18.9 Å². The fourth-order valence-corrected chi connectivity index (χ4v) is 0. The summed E-state index contributed by atoms with van der Waals surface area (Å²) in [7, 11) is 0. The zero-order valence-corrected chi connectivity index (χ0v) is 4.92. The van der Waals surface area contributed by atoms with Crippen molar-refractivity contribution in [3.63, 3.8) is 0 Å². The van der Waals surface area contributed by atoms with Crippen molar-refractivity contribution in [3.8, 4) is 0 Å². The van der Waals surface area contributed by atoms with E-state index >= 15 is 0 Å². The van der Waals surface area contributed by atoms with Crippen LogP contribution >= 0.6 is 23.2 Å². The van der Waals surface area contributed by atoms with Gasteiger partial charge in [0.05, 0.1) is 5.34 Å². The van der Waals surface area contributed by atoms with Gasteiger partial charge in [-0.3, -0.25) is 0 Å². The summed E-state index contributed by atoms with van der Waals surface area (Å²) in [6.07, 6.45) is 0. The Hall–Kier alpha value is 1.10. The van der Waals surface area contributed by atoms with E-state index in [1.54, 1.807) is 0 Å². The van der Waals surface area contributed by atoms with Gasteiger partial charge in [0.15, 0.2) is 0 Å². The molecule has 2 nitrogen and oxygen atoms in total. The summed E-state index contributed by atoms with van der Waals surface area (Å²) in [6.45, 7) is 0. The van der Waals surface area contributed by atoms with Gasteiger partial charge in [-0.15, -0.1) is 23.2 Å². The summed E-state index contributed by atoms with van der Waals surface area (Å²) < 4.78 is 0. The Morgan fingerprint density at radius 3 is 1.17 bits per heavy atom. The molecule has 0 aromatic rings. The fourth-order valence-electron chi connectivity index (χ4n) is 0. The van der Waals surface area contributed by atoms with Crippen LogP contribution in [0.5, 0.6) is 0 Å². The second kappa shape index (κ2) is 36.0. The van der Waals surface area contributed by atoms with Gasteiger partial charge in [-0.1, -0.05) is 0 Å². The Morgan fingerprint density at radius 2 is 1.17 bits per heavy atom. The molecule has 0 radical (unpaired) electrons. The van der Waals surface area contributed by atoms with Crippen LogP contribution in [0.4, 0.5) is 0 Å². The third-order valence-electron chi connectivity index (χ3n) is 0. The molecule has 0 saturated heterocycles. The Morgan fingerprint density at radius 1 is 1.17 bits per heavy atom. The summed E-state index contributed by atoms with van der Waals surface area (Å²) in [6, 6.07) is 0. The van der Waals surface area contributed by atoms with E-state index in [2.05, 4.69) is 0 Å². The third kappa shape index (κ3) is 71.1. The van der Waals surface area contributed by atoms with Crippen molar-refractivity contribution in [1.29, 1.82) is 0 Å². The van der Waals surface area contributed by atoms with Crippen LogP contribution in [0, 0.1) is 0 Å². The molecule has 0 bridgehead atoms. The van der Waals surface area contributed by atoms with Gasteiger partial charge < -0.3 is 11.0 Å². The number of hydrogen-bond donors (Lipinski definition) is 0. The van der Waals surface area contributed by atoms with Crippen molar-refractivity contribution in [2.75, 3.05) is 5.34 Å². The molecule has 0 aromatic heterocycles. The van der Waals surface area contributed by atoms with Crippen molar-refractivity contribution in [3.05, 3.63) is 0 Å². The predicted octanol–water partition coefficient (Wildman–Crippen LogP) is -2.58. The number of alkyl halides is 2. The molecular formula is CH5Cl2LiO2. The summed E-state index contributed by atoms with van der Waals surface area (Å²) in [5.41, 5.74) is 0. The Bertz CT molecular complexity index is 11.5. The van der Waals surface area contributed by atoms with E-state index in [-0.39, 0.29) is 35.2 Å². The summed E-state index contributed by atoms with van der Waals surface area (Å²) >= 11 is 9.53. The average Bonchev–Trinajstić information content (AvgIpc) is 0.918. The minimum absolute atomic E-state index is 0. The smallest absolute Gasteiger partial charge is 0.870 e. The van der Waals surface area contributed by atoms with Crippen LogP contribution in [0.3, 0.4) is 0 Å². The summed E-state index contributed by atoms with van der Waals surface area (Å²) in [4.78, 5) is 0. The third-order valence-corrected chi connectivity index (χ3v) is 0. The van der Waals surface area contributed by atoms with Crippen LogP contribution in [0.1, 0.15) is 0 Å². The van der Waals surface area contributed by atoms with Crippen LogP contribution in [0.25, 0.3) is 0 Å². The quantitative estimate of drug-likeness (QED) is 0.260. The van der Waals surface area contributed by atoms with E-state index in [0.29, 0.717) is 0 Å². The maximum absolute atomic E-state index is 4.76. The Balaban J connectivity index is -0.00000000667. The standard InChI is InChI=1S/CH2Cl2.Li.2H2O/c2-1-3;;;/h1H2;;2*1H2/q;+1;;/p-1. The molecular weight excluding hydrogens is 122 g/mol. The van der Waals surface area contributed by atoms with Gasteiger partial charge in [-0.05, 0) is 0 Å². The fraction of sp³-hybridized carbons (Fsp3) is 1.00. The van der Waals surface area contributed by atoms with Gasteiger partial charge in [-0.25, -0.2) is 0 Å². The van der Waals surface area contributed by atoms with Crippen molar-refractivity contribution in [2.24, 2.45) is 0 Å². The largest absolute Gasteiger partial charge is 1.00 e. The molecule has 0 saturated carbocycles. The van der Waals surface area contributed by atoms with Crippen molar-refractivity contribution in [1.82, 2.24) is 0 Å². The first-order chi connectivity index (χ1) is 1.41. The first-order valence-electron chi connectivity index (χ1n) is 0.535. The van der Waals surface area contributed by atoms with E-state index in [1.807, 2.05) is 0 Å². The van der Waals surface area contributed by atoms with Gasteiger partial charge in [0.25, 0.3) is 0 Å². The van der Waals surface area contributed by atoms with Crippen LogP contribution in [0.15, 0.2) is 0 Å². The van der Waals surface area contributed by atoms with E-state index in [9.17, 15) is 0 Å². The molecule has 0 aliphatic heterocycles. The molecule has 3 N–H and O–H groups in total. The number of rotatable bonds is 0. The molecule has 0 fully saturated rings. The number of hydrogen-bond acceptors (Lipinski definition) is 1. The minimum atomic E-state index is 0. The van der Waals surface area contributed by atoms with Crippen LogP contribution in [-0.4, -0.2) is 16.3 Å². The first-order valence-corrected chi connectivity index (χ1v) is 1.60. The van der Waals surface area contributed by atoms with Gasteiger partial charge in [0.1, 0.15) is 0 Å². The molecule has 0 spiro atoms. The molecule has 0 heterocycles. The molecule has 6 heavy (non-hydrogen) atoms. The van der Waals surface area contributed by atoms with Crippen molar-refractivity contribution >= 4 is 23.2 Å². The van der Waals surface area contributed by atoms with E-state index in [0.717, 1.165) is 0 Å². The molecule has 0 aliphatic rings. The second-order valence-electron chi connectivity index (χ2n) is 0.101. The topological polar surface area (TPSA) is 61.5 Å². The maximum Gasteiger partial charge on any atom is 1.00 e. The summed E-state index contributed by atoms with van der Waals surface area (Å²) in [5.74, 6) is 0. The monoisotopic (exact) mass is 126 g/mol. The normalized spacial score (nSPS) is 3.00. The van der Waals surface area contributed by atoms with Crippen molar-refractivity contribution in [2.45, 2.75) is 0 Å². The molecule has 5 heteroatoms. The average molecular weight is 127 g/mol. The van der Waals surface area contributed by atoms with Gasteiger partial charge in [0.2, 0.25) is 0 Å². The Kier molecular flexibility index (Phi) is 165.